The lowest BCUT2D eigenvalue weighted by Gasteiger charge is -2.18. The molecular formula is C21H25NO5. The summed E-state index contributed by atoms with van der Waals surface area (Å²) in [6.07, 6.45) is 1.72. The van der Waals surface area contributed by atoms with Crippen molar-refractivity contribution in [1.29, 1.82) is 0 Å². The Balaban J connectivity index is 1.97. The molecule has 0 aliphatic rings. The highest BCUT2D eigenvalue weighted by Gasteiger charge is 2.16. The van der Waals surface area contributed by atoms with Crippen molar-refractivity contribution in [3.8, 4) is 11.5 Å². The van der Waals surface area contributed by atoms with E-state index in [1.54, 1.807) is 6.07 Å². The van der Waals surface area contributed by atoms with E-state index < -0.39 is 5.97 Å². The summed E-state index contributed by atoms with van der Waals surface area (Å²) in [5, 5.41) is 2.92. The number of amides is 1. The van der Waals surface area contributed by atoms with Crippen LogP contribution in [0.2, 0.25) is 0 Å². The van der Waals surface area contributed by atoms with E-state index in [-0.39, 0.29) is 24.1 Å². The third-order valence-electron chi connectivity index (χ3n) is 4.04. The second kappa shape index (κ2) is 10.2. The van der Waals surface area contributed by atoms with Crippen LogP contribution >= 0.6 is 0 Å². The van der Waals surface area contributed by atoms with Gasteiger partial charge in [0, 0.05) is 6.07 Å². The van der Waals surface area contributed by atoms with E-state index in [1.165, 1.54) is 26.4 Å². The van der Waals surface area contributed by atoms with Crippen LogP contribution in [0.3, 0.4) is 0 Å². The van der Waals surface area contributed by atoms with Crippen molar-refractivity contribution in [3.63, 3.8) is 0 Å². The number of carbonyl (C=O) groups is 2. The van der Waals surface area contributed by atoms with Crippen LogP contribution < -0.4 is 14.8 Å². The Morgan fingerprint density at radius 3 is 2.19 bits per heavy atom. The van der Waals surface area contributed by atoms with Gasteiger partial charge in [-0.3, -0.25) is 4.79 Å². The van der Waals surface area contributed by atoms with Crippen LogP contribution in [-0.2, 0) is 9.53 Å². The van der Waals surface area contributed by atoms with Gasteiger partial charge >= 0.3 is 5.97 Å². The molecule has 0 aliphatic carbocycles. The Bertz CT molecular complexity index is 738. The molecular weight excluding hydrogens is 346 g/mol. The van der Waals surface area contributed by atoms with Crippen molar-refractivity contribution in [2.45, 2.75) is 25.8 Å². The van der Waals surface area contributed by atoms with E-state index in [0.29, 0.717) is 11.5 Å². The van der Waals surface area contributed by atoms with Crippen molar-refractivity contribution in [2.75, 3.05) is 20.8 Å². The van der Waals surface area contributed by atoms with Crippen molar-refractivity contribution >= 4 is 11.9 Å². The topological polar surface area (TPSA) is 73.9 Å². The molecule has 0 heterocycles. The summed E-state index contributed by atoms with van der Waals surface area (Å²) in [4.78, 5) is 24.5. The molecule has 2 aromatic rings. The first-order valence-corrected chi connectivity index (χ1v) is 8.81. The molecule has 27 heavy (non-hydrogen) atoms. The van der Waals surface area contributed by atoms with E-state index in [9.17, 15) is 9.59 Å². The number of rotatable bonds is 9. The fourth-order valence-electron chi connectivity index (χ4n) is 2.67. The lowest BCUT2D eigenvalue weighted by molar-refractivity contribution is -0.125. The van der Waals surface area contributed by atoms with E-state index >= 15 is 0 Å². The molecule has 0 radical (unpaired) electrons. The van der Waals surface area contributed by atoms with Gasteiger partial charge in [0.1, 0.15) is 11.5 Å². The summed E-state index contributed by atoms with van der Waals surface area (Å²) in [7, 11) is 2.99. The molecule has 1 amide bonds. The normalized spacial score (nSPS) is 11.4. The van der Waals surface area contributed by atoms with Gasteiger partial charge < -0.3 is 19.5 Å². The minimum atomic E-state index is -0.617. The third-order valence-corrected chi connectivity index (χ3v) is 4.04. The van der Waals surface area contributed by atoms with Gasteiger partial charge in [-0.2, -0.15) is 0 Å². The molecule has 144 valence electrons. The van der Waals surface area contributed by atoms with E-state index in [2.05, 4.69) is 12.2 Å². The quantitative estimate of drug-likeness (QED) is 0.683. The highest BCUT2D eigenvalue weighted by molar-refractivity contribution is 5.92. The SMILES string of the molecule is CCC[C@@H](NC(=O)COC(=O)c1cc(OC)cc(OC)c1)c1ccccc1. The van der Waals surface area contributed by atoms with Crippen molar-refractivity contribution in [2.24, 2.45) is 0 Å². The maximum Gasteiger partial charge on any atom is 0.338 e. The molecule has 0 spiro atoms. The molecule has 0 fully saturated rings. The lowest BCUT2D eigenvalue weighted by atomic mass is 10.0. The largest absolute Gasteiger partial charge is 0.497 e. The number of esters is 1. The zero-order chi connectivity index (χ0) is 19.6. The number of benzene rings is 2. The predicted molar refractivity (Wildman–Crippen MR) is 102 cm³/mol. The van der Waals surface area contributed by atoms with Crippen LogP contribution in [0.15, 0.2) is 48.5 Å². The van der Waals surface area contributed by atoms with Crippen molar-refractivity contribution in [1.82, 2.24) is 5.32 Å². The number of hydrogen-bond donors (Lipinski definition) is 1. The van der Waals surface area contributed by atoms with Crippen LogP contribution in [0.25, 0.3) is 0 Å². The molecule has 6 heteroatoms. The van der Waals surface area contributed by atoms with Gasteiger partial charge in [-0.05, 0) is 24.1 Å². The number of hydrogen-bond acceptors (Lipinski definition) is 5. The fraction of sp³-hybridized carbons (Fsp3) is 0.333. The number of nitrogens with one attached hydrogen (secondary N) is 1. The molecule has 2 aromatic carbocycles. The Hall–Kier alpha value is -3.02. The number of carbonyl (C=O) groups excluding carboxylic acids is 2. The second-order valence-electron chi connectivity index (χ2n) is 6.00. The van der Waals surface area contributed by atoms with Crippen LogP contribution in [0.4, 0.5) is 0 Å². The van der Waals surface area contributed by atoms with Crippen LogP contribution in [0.5, 0.6) is 11.5 Å². The molecule has 1 N–H and O–H groups in total. The highest BCUT2D eigenvalue weighted by atomic mass is 16.5. The van der Waals surface area contributed by atoms with Gasteiger partial charge in [0.15, 0.2) is 6.61 Å². The molecule has 0 bridgehead atoms. The summed E-state index contributed by atoms with van der Waals surface area (Å²) in [6, 6.07) is 14.3. The molecule has 1 atom stereocenters. The van der Waals surface area contributed by atoms with Crippen LogP contribution in [-0.4, -0.2) is 32.7 Å². The Morgan fingerprint density at radius 1 is 1.00 bits per heavy atom. The van der Waals surface area contributed by atoms with Crippen LogP contribution in [0, 0.1) is 0 Å². The minimum absolute atomic E-state index is 0.112. The molecule has 2 rings (SSSR count). The van der Waals surface area contributed by atoms with Gasteiger partial charge in [0.05, 0.1) is 25.8 Å². The first-order valence-electron chi connectivity index (χ1n) is 8.81. The third kappa shape index (κ3) is 6.02. The Morgan fingerprint density at radius 2 is 1.63 bits per heavy atom. The second-order valence-corrected chi connectivity index (χ2v) is 6.00. The Kier molecular flexibility index (Phi) is 7.67. The van der Waals surface area contributed by atoms with Gasteiger partial charge in [-0.1, -0.05) is 43.7 Å². The summed E-state index contributed by atoms with van der Waals surface area (Å²) < 4.78 is 15.4. The zero-order valence-corrected chi connectivity index (χ0v) is 15.9. The average Bonchev–Trinajstić information content (AvgIpc) is 2.71. The number of ether oxygens (including phenoxy) is 3. The van der Waals surface area contributed by atoms with Crippen molar-refractivity contribution in [3.05, 3.63) is 59.7 Å². The molecule has 6 nitrogen and oxygen atoms in total. The van der Waals surface area contributed by atoms with E-state index in [4.69, 9.17) is 14.2 Å². The van der Waals surface area contributed by atoms with Crippen LogP contribution in [0.1, 0.15) is 41.7 Å². The molecule has 0 saturated carbocycles. The lowest BCUT2D eigenvalue weighted by Crippen LogP contribution is -2.32. The fourth-order valence-corrected chi connectivity index (χ4v) is 2.67. The summed E-state index contributed by atoms with van der Waals surface area (Å²) >= 11 is 0. The molecule has 0 unspecified atom stereocenters. The summed E-state index contributed by atoms with van der Waals surface area (Å²) in [6.45, 7) is 1.70. The standard InChI is InChI=1S/C21H25NO5/c1-4-8-19(15-9-6-5-7-10-15)22-20(23)14-27-21(24)16-11-17(25-2)13-18(12-16)26-3/h5-7,9-13,19H,4,8,14H2,1-3H3,(H,22,23)/t19-/m1/s1. The summed E-state index contributed by atoms with van der Waals surface area (Å²) in [5.41, 5.74) is 1.28. The predicted octanol–water partition coefficient (Wildman–Crippen LogP) is 3.52. The highest BCUT2D eigenvalue weighted by Crippen LogP contribution is 2.23. The molecule has 0 saturated heterocycles. The maximum atomic E-state index is 12.3. The summed E-state index contributed by atoms with van der Waals surface area (Å²) in [5.74, 6) is -0.0229. The first-order chi connectivity index (χ1) is 13.1. The van der Waals surface area contributed by atoms with Gasteiger partial charge in [0.2, 0.25) is 0 Å². The van der Waals surface area contributed by atoms with Crippen molar-refractivity contribution < 1.29 is 23.8 Å². The minimum Gasteiger partial charge on any atom is -0.497 e. The monoisotopic (exact) mass is 371 g/mol. The number of methoxy groups -OCH3 is 2. The van der Waals surface area contributed by atoms with Gasteiger partial charge in [0.25, 0.3) is 5.91 Å². The first kappa shape index (κ1) is 20.3. The van der Waals surface area contributed by atoms with Gasteiger partial charge in [-0.25, -0.2) is 4.79 Å². The maximum absolute atomic E-state index is 12.3. The smallest absolute Gasteiger partial charge is 0.338 e. The average molecular weight is 371 g/mol. The van der Waals surface area contributed by atoms with E-state index in [1.807, 2.05) is 30.3 Å². The van der Waals surface area contributed by atoms with E-state index in [0.717, 1.165) is 18.4 Å². The zero-order valence-electron chi connectivity index (χ0n) is 15.9. The van der Waals surface area contributed by atoms with Gasteiger partial charge in [-0.15, -0.1) is 0 Å². The molecule has 0 aliphatic heterocycles. The Labute approximate surface area is 159 Å². The molecule has 0 aromatic heterocycles.